The molecule has 2 rings (SSSR count). The number of carbonyl (C=O) groups is 1. The van der Waals surface area contributed by atoms with Gasteiger partial charge in [0.1, 0.15) is 0 Å². The lowest BCUT2D eigenvalue weighted by molar-refractivity contribution is 0.0884. The molecule has 1 saturated heterocycles. The molecule has 1 aromatic heterocycles. The minimum atomic E-state index is -0.100. The van der Waals surface area contributed by atoms with Crippen LogP contribution in [-0.2, 0) is 0 Å². The summed E-state index contributed by atoms with van der Waals surface area (Å²) in [6, 6.07) is 1.88. The number of nitrogens with one attached hydrogen (secondary N) is 2. The Bertz CT molecular complexity index is 450. The number of anilines is 1. The van der Waals surface area contributed by atoms with E-state index in [0.29, 0.717) is 17.2 Å². The summed E-state index contributed by atoms with van der Waals surface area (Å²) < 4.78 is 0. The van der Waals surface area contributed by atoms with Crippen LogP contribution < -0.4 is 16.6 Å². The van der Waals surface area contributed by atoms with Crippen LogP contribution in [0.15, 0.2) is 18.5 Å². The van der Waals surface area contributed by atoms with Crippen LogP contribution >= 0.6 is 0 Å². The highest BCUT2D eigenvalue weighted by Crippen LogP contribution is 2.17. The van der Waals surface area contributed by atoms with Crippen molar-refractivity contribution in [2.45, 2.75) is 19.4 Å². The van der Waals surface area contributed by atoms with Gasteiger partial charge in [0, 0.05) is 18.8 Å². The van der Waals surface area contributed by atoms with Crippen molar-refractivity contribution in [3.63, 3.8) is 0 Å². The van der Waals surface area contributed by atoms with E-state index in [4.69, 9.17) is 5.84 Å². The molecular formula is C13H21N5O. The molecule has 1 fully saturated rings. The number of hydrazine groups is 1. The third-order valence-corrected chi connectivity index (χ3v) is 3.65. The average molecular weight is 263 g/mol. The van der Waals surface area contributed by atoms with Crippen molar-refractivity contribution in [3.8, 4) is 0 Å². The lowest BCUT2D eigenvalue weighted by Crippen LogP contribution is -2.49. The number of hydrogen-bond donors (Lipinski definition) is 3. The largest absolute Gasteiger partial charge is 0.349 e. The summed E-state index contributed by atoms with van der Waals surface area (Å²) in [4.78, 5) is 18.5. The quantitative estimate of drug-likeness (QED) is 0.544. The molecule has 104 valence electrons. The smallest absolute Gasteiger partial charge is 0.253 e. The van der Waals surface area contributed by atoms with Crippen molar-refractivity contribution in [2.24, 2.45) is 11.8 Å². The monoisotopic (exact) mass is 263 g/mol. The zero-order valence-electron chi connectivity index (χ0n) is 11.4. The number of nitrogens with two attached hydrogens (primary N) is 1. The molecule has 2 atom stereocenters. The number of carbonyl (C=O) groups excluding carboxylic acids is 1. The molecule has 0 aromatic carbocycles. The number of nitrogen functional groups attached to an aromatic ring is 1. The van der Waals surface area contributed by atoms with E-state index < -0.39 is 0 Å². The van der Waals surface area contributed by atoms with E-state index in [1.54, 1.807) is 18.5 Å². The fourth-order valence-electron chi connectivity index (χ4n) is 2.52. The zero-order valence-corrected chi connectivity index (χ0v) is 11.4. The highest BCUT2D eigenvalue weighted by molar-refractivity contribution is 5.99. The van der Waals surface area contributed by atoms with E-state index in [0.717, 1.165) is 19.5 Å². The van der Waals surface area contributed by atoms with Crippen molar-refractivity contribution in [3.05, 3.63) is 24.0 Å². The maximum atomic E-state index is 12.3. The summed E-state index contributed by atoms with van der Waals surface area (Å²) in [6.07, 6.45) is 4.11. The van der Waals surface area contributed by atoms with E-state index in [2.05, 4.69) is 34.6 Å². The first-order chi connectivity index (χ1) is 9.11. The van der Waals surface area contributed by atoms with Crippen molar-refractivity contribution in [1.82, 2.24) is 15.2 Å². The third-order valence-electron chi connectivity index (χ3n) is 3.65. The highest BCUT2D eigenvalue weighted by Gasteiger charge is 2.26. The Kier molecular flexibility index (Phi) is 4.34. The first-order valence-corrected chi connectivity index (χ1v) is 6.52. The summed E-state index contributed by atoms with van der Waals surface area (Å²) >= 11 is 0. The second-order valence-corrected chi connectivity index (χ2v) is 5.17. The number of pyridine rings is 1. The molecule has 1 aliphatic heterocycles. The minimum absolute atomic E-state index is 0.100. The topological polar surface area (TPSA) is 83.3 Å². The van der Waals surface area contributed by atoms with Gasteiger partial charge in [-0.3, -0.25) is 15.6 Å². The standard InChI is InChI=1S/C13H21N5O/c1-9-8-18(2)6-4-11(9)16-13(19)10-3-5-15-7-12(10)17-14/h3,5,7,9,11,17H,4,6,8,14H2,1-2H3,(H,16,19). The predicted molar refractivity (Wildman–Crippen MR) is 74.6 cm³/mol. The van der Waals surface area contributed by atoms with Gasteiger partial charge in [0.05, 0.1) is 17.4 Å². The predicted octanol–water partition coefficient (Wildman–Crippen LogP) is 0.437. The molecule has 0 radical (unpaired) electrons. The maximum absolute atomic E-state index is 12.3. The molecule has 0 aliphatic carbocycles. The number of likely N-dealkylation sites (tertiary alicyclic amines) is 1. The molecule has 2 heterocycles. The van der Waals surface area contributed by atoms with Gasteiger partial charge < -0.3 is 15.6 Å². The SMILES string of the molecule is CC1CN(C)CCC1NC(=O)c1ccncc1NN. The first-order valence-electron chi connectivity index (χ1n) is 6.52. The second kappa shape index (κ2) is 5.99. The van der Waals surface area contributed by atoms with Crippen LogP contribution in [0.4, 0.5) is 5.69 Å². The van der Waals surface area contributed by atoms with Gasteiger partial charge in [0.2, 0.25) is 0 Å². The van der Waals surface area contributed by atoms with Crippen LogP contribution in [0.3, 0.4) is 0 Å². The van der Waals surface area contributed by atoms with Gasteiger partial charge in [-0.2, -0.15) is 0 Å². The zero-order chi connectivity index (χ0) is 13.8. The van der Waals surface area contributed by atoms with Gasteiger partial charge in [-0.25, -0.2) is 0 Å². The molecule has 6 nitrogen and oxygen atoms in total. The summed E-state index contributed by atoms with van der Waals surface area (Å²) in [6.45, 7) is 4.17. The third kappa shape index (κ3) is 3.21. The molecule has 4 N–H and O–H groups in total. The van der Waals surface area contributed by atoms with Crippen LogP contribution in [-0.4, -0.2) is 42.0 Å². The Hall–Kier alpha value is -1.66. The van der Waals surface area contributed by atoms with Crippen LogP contribution in [0, 0.1) is 5.92 Å². The van der Waals surface area contributed by atoms with Gasteiger partial charge >= 0.3 is 0 Å². The molecule has 2 unspecified atom stereocenters. The van der Waals surface area contributed by atoms with Gasteiger partial charge in [-0.1, -0.05) is 6.92 Å². The fourth-order valence-corrected chi connectivity index (χ4v) is 2.52. The van der Waals surface area contributed by atoms with E-state index in [1.807, 2.05) is 0 Å². The van der Waals surface area contributed by atoms with E-state index in [-0.39, 0.29) is 11.9 Å². The van der Waals surface area contributed by atoms with Gasteiger partial charge in [0.15, 0.2) is 0 Å². The highest BCUT2D eigenvalue weighted by atomic mass is 16.1. The first kappa shape index (κ1) is 13.8. The molecule has 6 heteroatoms. The average Bonchev–Trinajstić information content (AvgIpc) is 2.41. The van der Waals surface area contributed by atoms with E-state index in [9.17, 15) is 4.79 Å². The van der Waals surface area contributed by atoms with Crippen LogP contribution in [0.25, 0.3) is 0 Å². The molecule has 0 bridgehead atoms. The molecule has 1 aliphatic rings. The summed E-state index contributed by atoms with van der Waals surface area (Å²) in [7, 11) is 2.11. The van der Waals surface area contributed by atoms with Crippen molar-refractivity contribution in [2.75, 3.05) is 25.6 Å². The Morgan fingerprint density at radius 3 is 3.05 bits per heavy atom. The number of amides is 1. The lowest BCUT2D eigenvalue weighted by Gasteiger charge is -2.35. The van der Waals surface area contributed by atoms with E-state index >= 15 is 0 Å². The number of aromatic nitrogens is 1. The molecule has 0 saturated carbocycles. The molecule has 1 amide bonds. The van der Waals surface area contributed by atoms with Gasteiger partial charge in [-0.05, 0) is 32.0 Å². The second-order valence-electron chi connectivity index (χ2n) is 5.17. The van der Waals surface area contributed by atoms with Crippen molar-refractivity contribution < 1.29 is 4.79 Å². The Morgan fingerprint density at radius 1 is 1.58 bits per heavy atom. The number of hydrogen-bond acceptors (Lipinski definition) is 5. The fraction of sp³-hybridized carbons (Fsp3) is 0.538. The van der Waals surface area contributed by atoms with Crippen LogP contribution in [0.5, 0.6) is 0 Å². The normalized spacial score (nSPS) is 23.9. The van der Waals surface area contributed by atoms with Crippen LogP contribution in [0.1, 0.15) is 23.7 Å². The molecular weight excluding hydrogens is 242 g/mol. The van der Waals surface area contributed by atoms with Crippen LogP contribution in [0.2, 0.25) is 0 Å². The maximum Gasteiger partial charge on any atom is 0.253 e. The number of nitrogens with zero attached hydrogens (tertiary/aromatic N) is 2. The van der Waals surface area contributed by atoms with E-state index in [1.165, 1.54) is 0 Å². The molecule has 19 heavy (non-hydrogen) atoms. The van der Waals surface area contributed by atoms with Crippen molar-refractivity contribution >= 4 is 11.6 Å². The Labute approximate surface area is 113 Å². The summed E-state index contributed by atoms with van der Waals surface area (Å²) in [5.74, 6) is 5.73. The summed E-state index contributed by atoms with van der Waals surface area (Å²) in [5.41, 5.74) is 3.57. The minimum Gasteiger partial charge on any atom is -0.349 e. The Morgan fingerprint density at radius 2 is 2.37 bits per heavy atom. The van der Waals surface area contributed by atoms with Gasteiger partial charge in [0.25, 0.3) is 5.91 Å². The van der Waals surface area contributed by atoms with Gasteiger partial charge in [-0.15, -0.1) is 0 Å². The summed E-state index contributed by atoms with van der Waals surface area (Å²) in [5, 5.41) is 3.09. The Balaban J connectivity index is 2.04. The molecule has 1 aromatic rings. The number of piperidine rings is 1. The lowest BCUT2D eigenvalue weighted by atomic mass is 9.94. The van der Waals surface area contributed by atoms with Crippen molar-refractivity contribution in [1.29, 1.82) is 0 Å². The number of rotatable bonds is 3. The molecule has 0 spiro atoms.